The summed E-state index contributed by atoms with van der Waals surface area (Å²) in [5.41, 5.74) is 2.90. The van der Waals surface area contributed by atoms with Gasteiger partial charge in [0.2, 0.25) is 11.8 Å². The Morgan fingerprint density at radius 3 is 2.19 bits per heavy atom. The Morgan fingerprint density at radius 1 is 0.935 bits per heavy atom. The van der Waals surface area contributed by atoms with Gasteiger partial charge in [-0.2, -0.15) is 0 Å². The van der Waals surface area contributed by atoms with Gasteiger partial charge in [-0.05, 0) is 68.3 Å². The third-order valence-corrected chi connectivity index (χ3v) is 5.77. The molecule has 0 radical (unpaired) electrons. The monoisotopic (exact) mass is 418 g/mol. The van der Waals surface area contributed by atoms with Crippen molar-refractivity contribution in [3.05, 3.63) is 71.3 Å². The van der Waals surface area contributed by atoms with Crippen molar-refractivity contribution in [2.24, 2.45) is 11.8 Å². The second kappa shape index (κ2) is 8.18. The third kappa shape index (κ3) is 3.86. The van der Waals surface area contributed by atoms with Crippen LogP contribution in [0.5, 0.6) is 0 Å². The molecule has 2 aromatic carbocycles. The molecule has 0 spiro atoms. The van der Waals surface area contributed by atoms with Crippen LogP contribution in [0.25, 0.3) is 0 Å². The zero-order valence-electron chi connectivity index (χ0n) is 17.3. The third-order valence-electron chi connectivity index (χ3n) is 5.77. The van der Waals surface area contributed by atoms with Gasteiger partial charge < -0.3 is 10.1 Å². The second-order valence-electron chi connectivity index (χ2n) is 7.79. The molecule has 2 aromatic rings. The van der Waals surface area contributed by atoms with Gasteiger partial charge in [-0.25, -0.2) is 4.79 Å². The van der Waals surface area contributed by atoms with Gasteiger partial charge in [-0.15, -0.1) is 0 Å². The van der Waals surface area contributed by atoms with Crippen LogP contribution in [0.2, 0.25) is 0 Å². The summed E-state index contributed by atoms with van der Waals surface area (Å²) in [5.74, 6) is -1.75. The van der Waals surface area contributed by atoms with Crippen LogP contribution in [0.4, 0.5) is 11.4 Å². The van der Waals surface area contributed by atoms with Crippen molar-refractivity contribution < 1.29 is 23.9 Å². The number of amides is 3. The fourth-order valence-corrected chi connectivity index (χ4v) is 4.06. The van der Waals surface area contributed by atoms with Gasteiger partial charge in [0, 0.05) is 11.3 Å². The first-order valence-corrected chi connectivity index (χ1v) is 10.0. The zero-order chi connectivity index (χ0) is 22.1. The minimum atomic E-state index is -0.453. The molecule has 1 aliphatic carbocycles. The van der Waals surface area contributed by atoms with Gasteiger partial charge in [0.15, 0.2) is 0 Å². The number of nitrogens with one attached hydrogen (secondary N) is 1. The molecule has 0 saturated carbocycles. The van der Waals surface area contributed by atoms with E-state index in [1.165, 1.54) is 12.0 Å². The van der Waals surface area contributed by atoms with Crippen LogP contribution in [0.1, 0.15) is 40.5 Å². The number of benzene rings is 2. The number of fused-ring (bicyclic) bond motifs is 1. The highest BCUT2D eigenvalue weighted by Gasteiger charge is 2.48. The largest absolute Gasteiger partial charge is 0.465 e. The molecule has 2 aliphatic rings. The summed E-state index contributed by atoms with van der Waals surface area (Å²) in [4.78, 5) is 50.9. The smallest absolute Gasteiger partial charge is 0.337 e. The van der Waals surface area contributed by atoms with E-state index in [1.807, 2.05) is 13.0 Å². The number of hydrogen-bond acceptors (Lipinski definition) is 5. The maximum absolute atomic E-state index is 12.8. The number of imide groups is 1. The number of esters is 1. The van der Waals surface area contributed by atoms with Crippen molar-refractivity contribution in [3.63, 3.8) is 0 Å². The van der Waals surface area contributed by atoms with E-state index in [1.54, 1.807) is 48.5 Å². The first kappa shape index (κ1) is 20.5. The number of ether oxygens (including phenoxy) is 1. The fraction of sp³-hybridized carbons (Fsp3) is 0.250. The molecule has 158 valence electrons. The molecule has 0 bridgehead atoms. The summed E-state index contributed by atoms with van der Waals surface area (Å²) in [5, 5.41) is 2.75. The van der Waals surface area contributed by atoms with E-state index in [0.29, 0.717) is 35.3 Å². The van der Waals surface area contributed by atoms with Crippen LogP contribution in [-0.2, 0) is 14.3 Å². The number of rotatable bonds is 4. The minimum absolute atomic E-state index is 0.176. The Bertz CT molecular complexity index is 1090. The highest BCUT2D eigenvalue weighted by atomic mass is 16.5. The topological polar surface area (TPSA) is 92.8 Å². The van der Waals surface area contributed by atoms with Crippen molar-refractivity contribution in [2.75, 3.05) is 17.3 Å². The predicted octanol–water partition coefficient (Wildman–Crippen LogP) is 3.57. The first-order chi connectivity index (χ1) is 14.9. The summed E-state index contributed by atoms with van der Waals surface area (Å²) in [7, 11) is 1.30. The summed E-state index contributed by atoms with van der Waals surface area (Å²) in [6.07, 6.45) is 3.23. The Kier molecular flexibility index (Phi) is 5.42. The van der Waals surface area contributed by atoms with Crippen LogP contribution in [0, 0.1) is 11.8 Å². The van der Waals surface area contributed by atoms with E-state index in [-0.39, 0.29) is 29.6 Å². The predicted molar refractivity (Wildman–Crippen MR) is 115 cm³/mol. The molecule has 7 heteroatoms. The summed E-state index contributed by atoms with van der Waals surface area (Å²) < 4.78 is 4.65. The highest BCUT2D eigenvalue weighted by Crippen LogP contribution is 2.39. The number of hydrogen-bond donors (Lipinski definition) is 1. The maximum atomic E-state index is 12.8. The van der Waals surface area contributed by atoms with Crippen LogP contribution in [0.15, 0.2) is 60.2 Å². The van der Waals surface area contributed by atoms with Gasteiger partial charge in [-0.3, -0.25) is 19.3 Å². The average Bonchev–Trinajstić information content (AvgIpc) is 3.03. The number of anilines is 2. The molecule has 1 saturated heterocycles. The highest BCUT2D eigenvalue weighted by molar-refractivity contribution is 6.22. The standard InChI is InChI=1S/C24H22N2O5/c1-14-3-12-19-20(13-14)23(29)26(22(19)28)18-10-6-15(7-11-18)21(27)25-17-8-4-16(5-9-17)24(30)31-2/h3-11,19-20H,12-13H2,1-2H3,(H,25,27)/t19-,20-/m0/s1. The summed E-state index contributed by atoms with van der Waals surface area (Å²) >= 11 is 0. The lowest BCUT2D eigenvalue weighted by atomic mass is 9.82. The normalized spacial score (nSPS) is 20.2. The Hall–Kier alpha value is -3.74. The van der Waals surface area contributed by atoms with Crippen LogP contribution >= 0.6 is 0 Å². The van der Waals surface area contributed by atoms with Crippen LogP contribution in [0.3, 0.4) is 0 Å². The Morgan fingerprint density at radius 2 is 1.55 bits per heavy atom. The van der Waals surface area contributed by atoms with E-state index in [2.05, 4.69) is 10.1 Å². The molecule has 2 atom stereocenters. The molecule has 1 aliphatic heterocycles. The van der Waals surface area contributed by atoms with E-state index in [0.717, 1.165) is 5.57 Å². The molecule has 1 fully saturated rings. The first-order valence-electron chi connectivity index (χ1n) is 10.0. The van der Waals surface area contributed by atoms with Gasteiger partial charge in [0.1, 0.15) is 0 Å². The lowest BCUT2D eigenvalue weighted by molar-refractivity contribution is -0.122. The Labute approximate surface area is 179 Å². The van der Waals surface area contributed by atoms with Crippen LogP contribution < -0.4 is 10.2 Å². The Balaban J connectivity index is 1.46. The fourth-order valence-electron chi connectivity index (χ4n) is 4.06. The number of nitrogens with zero attached hydrogens (tertiary/aromatic N) is 1. The number of carbonyl (C=O) groups excluding carboxylic acids is 4. The van der Waals surface area contributed by atoms with E-state index < -0.39 is 5.97 Å². The molecule has 0 aromatic heterocycles. The zero-order valence-corrected chi connectivity index (χ0v) is 17.3. The van der Waals surface area contributed by atoms with E-state index in [4.69, 9.17) is 0 Å². The average molecular weight is 418 g/mol. The van der Waals surface area contributed by atoms with Crippen molar-refractivity contribution in [1.29, 1.82) is 0 Å². The summed E-state index contributed by atoms with van der Waals surface area (Å²) in [6, 6.07) is 12.7. The molecule has 1 N–H and O–H groups in total. The quantitative estimate of drug-likeness (QED) is 0.466. The SMILES string of the molecule is COC(=O)c1ccc(NC(=O)c2ccc(N3C(=O)[C@H]4CC=C(C)C[C@@H]4C3=O)cc2)cc1. The molecule has 1 heterocycles. The molecule has 3 amide bonds. The molecule has 7 nitrogen and oxygen atoms in total. The number of carbonyl (C=O) groups is 4. The van der Waals surface area contributed by atoms with E-state index in [9.17, 15) is 19.2 Å². The summed E-state index contributed by atoms with van der Waals surface area (Å²) in [6.45, 7) is 1.98. The lowest BCUT2D eigenvalue weighted by Crippen LogP contribution is -2.30. The molecular weight excluding hydrogens is 396 g/mol. The molecule has 31 heavy (non-hydrogen) atoms. The van der Waals surface area contributed by atoms with Crippen molar-refractivity contribution in [3.8, 4) is 0 Å². The molecule has 0 unspecified atom stereocenters. The van der Waals surface area contributed by atoms with Crippen molar-refractivity contribution >= 4 is 35.1 Å². The second-order valence-corrected chi connectivity index (χ2v) is 7.79. The molecule has 4 rings (SSSR count). The lowest BCUT2D eigenvalue weighted by Gasteiger charge is -2.18. The van der Waals surface area contributed by atoms with Crippen LogP contribution in [-0.4, -0.2) is 30.8 Å². The van der Waals surface area contributed by atoms with Gasteiger partial charge in [0.25, 0.3) is 5.91 Å². The van der Waals surface area contributed by atoms with Gasteiger partial charge in [-0.1, -0.05) is 11.6 Å². The number of methoxy groups -OCH3 is 1. The minimum Gasteiger partial charge on any atom is -0.465 e. The molecular formula is C24H22N2O5. The van der Waals surface area contributed by atoms with E-state index >= 15 is 0 Å². The van der Waals surface area contributed by atoms with Gasteiger partial charge in [0.05, 0.1) is 30.2 Å². The number of allylic oxidation sites excluding steroid dienone is 2. The maximum Gasteiger partial charge on any atom is 0.337 e. The van der Waals surface area contributed by atoms with Gasteiger partial charge >= 0.3 is 5.97 Å². The van der Waals surface area contributed by atoms with Crippen molar-refractivity contribution in [2.45, 2.75) is 19.8 Å². The van der Waals surface area contributed by atoms with Crippen molar-refractivity contribution in [1.82, 2.24) is 0 Å².